The molecule has 0 aliphatic carbocycles. The molecule has 2 amide bonds. The summed E-state index contributed by atoms with van der Waals surface area (Å²) in [5.41, 5.74) is 1.50. The third kappa shape index (κ3) is 2.26. The van der Waals surface area contributed by atoms with Gasteiger partial charge in [-0.3, -0.25) is 0 Å². The van der Waals surface area contributed by atoms with Crippen molar-refractivity contribution in [3.63, 3.8) is 0 Å². The molecule has 1 fully saturated rings. The number of amides is 2. The number of nitrogens with zero attached hydrogens (tertiary/aromatic N) is 3. The van der Waals surface area contributed by atoms with Crippen molar-refractivity contribution in [1.82, 2.24) is 14.3 Å². The fourth-order valence-electron chi connectivity index (χ4n) is 2.48. The lowest BCUT2D eigenvalue weighted by molar-refractivity contribution is 0.166. The highest BCUT2D eigenvalue weighted by molar-refractivity contribution is 5.90. The summed E-state index contributed by atoms with van der Waals surface area (Å²) >= 11 is 0. The van der Waals surface area contributed by atoms with E-state index in [1.54, 1.807) is 11.1 Å². The van der Waals surface area contributed by atoms with Crippen molar-refractivity contribution in [2.45, 2.75) is 18.9 Å². The van der Waals surface area contributed by atoms with E-state index < -0.39 is 0 Å². The number of nitrogens with one attached hydrogen (secondary N) is 1. The number of fused-ring (bicyclic) bond motifs is 1. The Morgan fingerprint density at radius 2 is 2.42 bits per heavy atom. The van der Waals surface area contributed by atoms with Crippen LogP contribution in [0.25, 0.3) is 5.65 Å². The second-order valence-corrected chi connectivity index (χ2v) is 4.71. The summed E-state index contributed by atoms with van der Waals surface area (Å²) < 4.78 is 1.88. The molecule has 0 aromatic carbocycles. The molecule has 6 heteroatoms. The normalized spacial score (nSPS) is 19.0. The van der Waals surface area contributed by atoms with Crippen LogP contribution in [0.2, 0.25) is 0 Å². The number of hydrogen-bond acceptors (Lipinski definition) is 3. The molecule has 6 nitrogen and oxygen atoms in total. The van der Waals surface area contributed by atoms with Gasteiger partial charge in [0.2, 0.25) is 0 Å². The van der Waals surface area contributed by atoms with Crippen molar-refractivity contribution in [2.75, 3.05) is 18.5 Å². The van der Waals surface area contributed by atoms with E-state index in [4.69, 9.17) is 0 Å². The number of urea groups is 1. The van der Waals surface area contributed by atoms with E-state index in [-0.39, 0.29) is 18.7 Å². The third-order valence-electron chi connectivity index (χ3n) is 3.50. The Balaban J connectivity index is 1.74. The SMILES string of the molecule is O=C(Nc1ccn2ccnc2c1)N1CCC[C@@H]1CO. The van der Waals surface area contributed by atoms with Crippen LogP contribution >= 0.6 is 0 Å². The van der Waals surface area contributed by atoms with Gasteiger partial charge in [-0.15, -0.1) is 0 Å². The predicted molar refractivity (Wildman–Crippen MR) is 71.0 cm³/mol. The van der Waals surface area contributed by atoms with Gasteiger partial charge in [0.15, 0.2) is 0 Å². The van der Waals surface area contributed by atoms with Crippen molar-refractivity contribution in [3.8, 4) is 0 Å². The lowest BCUT2D eigenvalue weighted by Gasteiger charge is -2.23. The van der Waals surface area contributed by atoms with Crippen LogP contribution in [0, 0.1) is 0 Å². The van der Waals surface area contributed by atoms with Gasteiger partial charge < -0.3 is 19.7 Å². The van der Waals surface area contributed by atoms with E-state index in [0.717, 1.165) is 18.5 Å². The van der Waals surface area contributed by atoms with Crippen LogP contribution in [-0.2, 0) is 0 Å². The van der Waals surface area contributed by atoms with Crippen LogP contribution in [0.15, 0.2) is 30.7 Å². The molecule has 100 valence electrons. The number of carbonyl (C=O) groups excluding carboxylic acids is 1. The highest BCUT2D eigenvalue weighted by Crippen LogP contribution is 2.19. The van der Waals surface area contributed by atoms with Crippen LogP contribution < -0.4 is 5.32 Å². The molecule has 1 aliphatic rings. The summed E-state index contributed by atoms with van der Waals surface area (Å²) in [7, 11) is 0. The maximum absolute atomic E-state index is 12.1. The highest BCUT2D eigenvalue weighted by Gasteiger charge is 2.27. The molecule has 0 spiro atoms. The first-order valence-corrected chi connectivity index (χ1v) is 6.39. The molecule has 19 heavy (non-hydrogen) atoms. The molecular formula is C13H16N4O2. The van der Waals surface area contributed by atoms with Gasteiger partial charge in [0, 0.05) is 36.9 Å². The number of anilines is 1. The molecular weight excluding hydrogens is 244 g/mol. The van der Waals surface area contributed by atoms with Crippen LogP contribution in [-0.4, -0.2) is 44.6 Å². The molecule has 2 aromatic heterocycles. The molecule has 2 aromatic rings. The quantitative estimate of drug-likeness (QED) is 0.855. The minimum absolute atomic E-state index is 0.0205. The van der Waals surface area contributed by atoms with Crippen molar-refractivity contribution < 1.29 is 9.90 Å². The molecule has 0 bridgehead atoms. The number of pyridine rings is 1. The molecule has 0 saturated carbocycles. The van der Waals surface area contributed by atoms with Crippen LogP contribution in [0.1, 0.15) is 12.8 Å². The number of hydrogen-bond donors (Lipinski definition) is 2. The van der Waals surface area contributed by atoms with Crippen LogP contribution in [0.4, 0.5) is 10.5 Å². The van der Waals surface area contributed by atoms with Gasteiger partial charge in [-0.25, -0.2) is 9.78 Å². The van der Waals surface area contributed by atoms with Gasteiger partial charge in [0.05, 0.1) is 12.6 Å². The predicted octanol–water partition coefficient (Wildman–Crippen LogP) is 1.32. The maximum Gasteiger partial charge on any atom is 0.322 e. The number of aliphatic hydroxyl groups is 1. The summed E-state index contributed by atoms with van der Waals surface area (Å²) in [6.45, 7) is 0.718. The minimum atomic E-state index is -0.160. The van der Waals surface area contributed by atoms with E-state index in [2.05, 4.69) is 10.3 Å². The largest absolute Gasteiger partial charge is 0.394 e. The number of aromatic nitrogens is 2. The van der Waals surface area contributed by atoms with Gasteiger partial charge >= 0.3 is 6.03 Å². The topological polar surface area (TPSA) is 69.9 Å². The first kappa shape index (κ1) is 12.0. The summed E-state index contributed by atoms with van der Waals surface area (Å²) in [5, 5.41) is 12.1. The first-order valence-electron chi connectivity index (χ1n) is 6.39. The fraction of sp³-hybridized carbons (Fsp3) is 0.385. The molecule has 1 saturated heterocycles. The Hall–Kier alpha value is -2.08. The van der Waals surface area contributed by atoms with Crippen molar-refractivity contribution in [2.24, 2.45) is 0 Å². The number of carbonyl (C=O) groups is 1. The molecule has 1 aliphatic heterocycles. The van der Waals surface area contributed by atoms with Crippen LogP contribution in [0.5, 0.6) is 0 Å². The van der Waals surface area contributed by atoms with Gasteiger partial charge in [-0.1, -0.05) is 0 Å². The average molecular weight is 260 g/mol. The summed E-state index contributed by atoms with van der Waals surface area (Å²) in [4.78, 5) is 18.0. The molecule has 0 unspecified atom stereocenters. The number of likely N-dealkylation sites (tertiary alicyclic amines) is 1. The number of aliphatic hydroxyl groups excluding tert-OH is 1. The zero-order chi connectivity index (χ0) is 13.2. The van der Waals surface area contributed by atoms with Crippen molar-refractivity contribution >= 4 is 17.4 Å². The van der Waals surface area contributed by atoms with Crippen molar-refractivity contribution in [1.29, 1.82) is 0 Å². The summed E-state index contributed by atoms with van der Waals surface area (Å²) in [6.07, 6.45) is 7.22. The Bertz CT molecular complexity index is 595. The number of imidazole rings is 1. The maximum atomic E-state index is 12.1. The Morgan fingerprint density at radius 3 is 3.26 bits per heavy atom. The zero-order valence-corrected chi connectivity index (χ0v) is 10.5. The fourth-order valence-corrected chi connectivity index (χ4v) is 2.48. The second kappa shape index (κ2) is 4.89. The molecule has 3 rings (SSSR count). The van der Waals surface area contributed by atoms with Crippen molar-refractivity contribution in [3.05, 3.63) is 30.7 Å². The van der Waals surface area contributed by atoms with E-state index >= 15 is 0 Å². The average Bonchev–Trinajstić information content (AvgIpc) is 3.06. The van der Waals surface area contributed by atoms with Gasteiger partial charge in [-0.05, 0) is 18.9 Å². The molecule has 0 radical (unpaired) electrons. The first-order chi connectivity index (χ1) is 9.28. The lowest BCUT2D eigenvalue weighted by atomic mass is 10.2. The van der Waals surface area contributed by atoms with E-state index in [9.17, 15) is 9.90 Å². The minimum Gasteiger partial charge on any atom is -0.394 e. The molecule has 2 N–H and O–H groups in total. The number of rotatable bonds is 2. The van der Waals surface area contributed by atoms with Gasteiger partial charge in [0.1, 0.15) is 5.65 Å². The Labute approximate surface area is 110 Å². The summed E-state index contributed by atoms with van der Waals surface area (Å²) in [6, 6.07) is 3.43. The molecule has 3 heterocycles. The highest BCUT2D eigenvalue weighted by atomic mass is 16.3. The summed E-state index contributed by atoms with van der Waals surface area (Å²) in [5.74, 6) is 0. The monoisotopic (exact) mass is 260 g/mol. The van der Waals surface area contributed by atoms with Gasteiger partial charge in [0.25, 0.3) is 0 Å². The Morgan fingerprint density at radius 1 is 1.53 bits per heavy atom. The standard InChI is InChI=1S/C13H16N4O2/c18-9-11-2-1-5-17(11)13(19)15-10-3-6-16-7-4-14-12(16)8-10/h3-4,6-8,11,18H,1-2,5,9H2,(H,15,19)/t11-/m1/s1. The second-order valence-electron chi connectivity index (χ2n) is 4.71. The van der Waals surface area contributed by atoms with Gasteiger partial charge in [-0.2, -0.15) is 0 Å². The van der Waals surface area contributed by atoms with E-state index in [0.29, 0.717) is 12.2 Å². The zero-order valence-electron chi connectivity index (χ0n) is 10.5. The van der Waals surface area contributed by atoms with E-state index in [1.807, 2.05) is 28.9 Å². The third-order valence-corrected chi connectivity index (χ3v) is 3.50. The molecule has 1 atom stereocenters. The smallest absolute Gasteiger partial charge is 0.322 e. The Kier molecular flexibility index (Phi) is 3.08. The van der Waals surface area contributed by atoms with Crippen LogP contribution in [0.3, 0.4) is 0 Å². The lowest BCUT2D eigenvalue weighted by Crippen LogP contribution is -2.40. The van der Waals surface area contributed by atoms with E-state index in [1.165, 1.54) is 0 Å².